The Morgan fingerprint density at radius 3 is 2.46 bits per heavy atom. The Morgan fingerprint density at radius 2 is 1.88 bits per heavy atom. The first-order chi connectivity index (χ1) is 11.5. The van der Waals surface area contributed by atoms with Gasteiger partial charge in [-0.3, -0.25) is 14.5 Å². The lowest BCUT2D eigenvalue weighted by Gasteiger charge is -2.13. The van der Waals surface area contributed by atoms with Gasteiger partial charge < -0.3 is 15.6 Å². The van der Waals surface area contributed by atoms with Gasteiger partial charge in [-0.05, 0) is 12.1 Å². The molecule has 3 N–H and O–H groups in total. The molecule has 0 fully saturated rings. The smallest absolute Gasteiger partial charge is 0.347 e. The number of hydrogen-bond acceptors (Lipinski definition) is 7. The summed E-state index contributed by atoms with van der Waals surface area (Å²) in [5.41, 5.74) is 6.48. The molecule has 1 aromatic heterocycles. The van der Waals surface area contributed by atoms with Crippen molar-refractivity contribution in [2.24, 2.45) is 0 Å². The second-order valence-electron chi connectivity index (χ2n) is 4.99. The number of thiazole rings is 1. The van der Waals surface area contributed by atoms with Crippen molar-refractivity contribution in [2.45, 2.75) is 6.61 Å². The summed E-state index contributed by atoms with van der Waals surface area (Å²) in [5, 5.41) is 9.18. The predicted molar refractivity (Wildman–Crippen MR) is 85.0 cm³/mol. The Kier molecular flexibility index (Phi) is 4.28. The van der Waals surface area contributed by atoms with E-state index in [0.717, 1.165) is 16.2 Å². The number of fused-ring (bicyclic) bond motifs is 1. The highest BCUT2D eigenvalue weighted by Gasteiger charge is 2.34. The average Bonchev–Trinajstić information content (AvgIpc) is 3.05. The molecule has 0 aliphatic carbocycles. The number of aromatic carboxylic acids is 1. The number of nitrogens with zero attached hydrogens (tertiary/aromatic N) is 2. The van der Waals surface area contributed by atoms with Crippen LogP contribution in [0.5, 0.6) is 0 Å². The maximum absolute atomic E-state index is 12.2. The van der Waals surface area contributed by atoms with Crippen molar-refractivity contribution in [3.8, 4) is 0 Å². The van der Waals surface area contributed by atoms with Crippen molar-refractivity contribution in [3.05, 3.63) is 46.0 Å². The molecule has 2 aromatic rings. The van der Waals surface area contributed by atoms with Crippen molar-refractivity contribution >= 4 is 34.3 Å². The molecule has 0 bridgehead atoms. The number of nitrogens with two attached hydrogens (primary N) is 1. The van der Waals surface area contributed by atoms with Crippen LogP contribution in [0.1, 0.15) is 36.1 Å². The van der Waals surface area contributed by atoms with Gasteiger partial charge in [0.15, 0.2) is 5.13 Å². The van der Waals surface area contributed by atoms with Gasteiger partial charge in [-0.2, -0.15) is 0 Å². The number of carboxylic acid groups (broad SMARTS) is 1. The lowest BCUT2D eigenvalue weighted by molar-refractivity contribution is 0.0541. The van der Waals surface area contributed by atoms with Crippen molar-refractivity contribution in [1.29, 1.82) is 0 Å². The van der Waals surface area contributed by atoms with Crippen molar-refractivity contribution in [3.63, 3.8) is 0 Å². The summed E-state index contributed by atoms with van der Waals surface area (Å²) in [7, 11) is 0. The van der Waals surface area contributed by atoms with E-state index in [0.29, 0.717) is 11.1 Å². The van der Waals surface area contributed by atoms with Crippen LogP contribution in [-0.4, -0.2) is 45.9 Å². The van der Waals surface area contributed by atoms with E-state index in [1.54, 1.807) is 24.3 Å². The number of imide groups is 1. The Labute approximate surface area is 140 Å². The van der Waals surface area contributed by atoms with E-state index < -0.39 is 5.97 Å². The molecule has 9 heteroatoms. The summed E-state index contributed by atoms with van der Waals surface area (Å²) >= 11 is 0.867. The highest BCUT2D eigenvalue weighted by atomic mass is 32.1. The first-order valence-corrected chi connectivity index (χ1v) is 7.82. The number of carbonyl (C=O) groups is 3. The standard InChI is InChI=1S/C15H13N3O5S/c16-15-17-10(11(24-15)14(21)22)7-23-6-5-18-12(19)8-3-1-2-4-9(8)13(18)20/h1-4H,5-7H2,(H2,16,17)(H,21,22). The molecule has 24 heavy (non-hydrogen) atoms. The number of amides is 2. The van der Waals surface area contributed by atoms with Crippen molar-refractivity contribution in [1.82, 2.24) is 9.88 Å². The molecule has 3 rings (SSSR count). The lowest BCUT2D eigenvalue weighted by Crippen LogP contribution is -2.33. The fourth-order valence-corrected chi connectivity index (χ4v) is 3.08. The zero-order valence-electron chi connectivity index (χ0n) is 12.4. The molecule has 2 heterocycles. The Morgan fingerprint density at radius 1 is 1.25 bits per heavy atom. The number of carboxylic acids is 1. The Balaban J connectivity index is 1.58. The van der Waals surface area contributed by atoms with Gasteiger partial charge in [-0.25, -0.2) is 9.78 Å². The van der Waals surface area contributed by atoms with Gasteiger partial charge in [-0.1, -0.05) is 23.5 Å². The molecule has 0 saturated heterocycles. The van der Waals surface area contributed by atoms with Crippen LogP contribution in [0.3, 0.4) is 0 Å². The number of carbonyl (C=O) groups excluding carboxylic acids is 2. The lowest BCUT2D eigenvalue weighted by atomic mass is 10.1. The fraction of sp³-hybridized carbons (Fsp3) is 0.200. The number of ether oxygens (including phenoxy) is 1. The maximum Gasteiger partial charge on any atom is 0.347 e. The zero-order valence-corrected chi connectivity index (χ0v) is 13.2. The number of anilines is 1. The number of nitrogen functional groups attached to an aromatic ring is 1. The van der Waals surface area contributed by atoms with E-state index >= 15 is 0 Å². The minimum Gasteiger partial charge on any atom is -0.477 e. The van der Waals surface area contributed by atoms with E-state index in [9.17, 15) is 14.4 Å². The Hall–Kier alpha value is -2.78. The van der Waals surface area contributed by atoms with Crippen LogP contribution in [0.15, 0.2) is 24.3 Å². The summed E-state index contributed by atoms with van der Waals surface area (Å²) in [5.74, 6) is -1.84. The van der Waals surface area contributed by atoms with Gasteiger partial charge in [0.2, 0.25) is 0 Å². The molecule has 124 valence electrons. The molecule has 1 aliphatic rings. The minimum atomic E-state index is -1.12. The largest absolute Gasteiger partial charge is 0.477 e. The van der Waals surface area contributed by atoms with E-state index in [2.05, 4.69) is 4.98 Å². The third-order valence-electron chi connectivity index (χ3n) is 3.48. The predicted octanol–water partition coefficient (Wildman–Crippen LogP) is 1.24. The number of rotatable bonds is 6. The first-order valence-electron chi connectivity index (χ1n) is 7.00. The molecule has 1 aliphatic heterocycles. The molecule has 1 aromatic carbocycles. The summed E-state index contributed by atoms with van der Waals surface area (Å²) in [6.07, 6.45) is 0. The average molecular weight is 347 g/mol. The highest BCUT2D eigenvalue weighted by Crippen LogP contribution is 2.23. The van der Waals surface area contributed by atoms with Crippen molar-refractivity contribution in [2.75, 3.05) is 18.9 Å². The van der Waals surface area contributed by atoms with Crippen LogP contribution in [0.2, 0.25) is 0 Å². The van der Waals surface area contributed by atoms with Gasteiger partial charge in [0, 0.05) is 0 Å². The normalized spacial score (nSPS) is 13.4. The molecule has 0 spiro atoms. The van der Waals surface area contributed by atoms with Crippen LogP contribution < -0.4 is 5.73 Å². The van der Waals surface area contributed by atoms with Crippen LogP contribution in [-0.2, 0) is 11.3 Å². The van der Waals surface area contributed by atoms with Crippen LogP contribution in [0, 0.1) is 0 Å². The van der Waals surface area contributed by atoms with Crippen molar-refractivity contribution < 1.29 is 24.2 Å². The maximum atomic E-state index is 12.2. The summed E-state index contributed by atoms with van der Waals surface area (Å²) in [4.78, 5) is 40.4. The number of aromatic nitrogens is 1. The van der Waals surface area contributed by atoms with Crippen LogP contribution >= 0.6 is 11.3 Å². The van der Waals surface area contributed by atoms with Gasteiger partial charge in [0.25, 0.3) is 11.8 Å². The summed E-state index contributed by atoms with van der Waals surface area (Å²) in [6, 6.07) is 6.61. The van der Waals surface area contributed by atoms with Gasteiger partial charge in [-0.15, -0.1) is 0 Å². The second-order valence-corrected chi connectivity index (χ2v) is 6.02. The summed E-state index contributed by atoms with van der Waals surface area (Å²) < 4.78 is 5.36. The molecule has 0 radical (unpaired) electrons. The Bertz CT molecular complexity index is 797. The third-order valence-corrected chi connectivity index (χ3v) is 4.40. The van der Waals surface area contributed by atoms with Crippen LogP contribution in [0.4, 0.5) is 5.13 Å². The highest BCUT2D eigenvalue weighted by molar-refractivity contribution is 7.17. The van der Waals surface area contributed by atoms with E-state index in [1.165, 1.54) is 0 Å². The number of benzene rings is 1. The quantitative estimate of drug-likeness (QED) is 0.595. The van der Waals surface area contributed by atoms with Crippen LogP contribution in [0.25, 0.3) is 0 Å². The fourth-order valence-electron chi connectivity index (χ4n) is 2.40. The van der Waals surface area contributed by atoms with Gasteiger partial charge in [0.1, 0.15) is 4.88 Å². The SMILES string of the molecule is Nc1nc(COCCN2C(=O)c3ccccc3C2=O)c(C(=O)O)s1. The molecule has 8 nitrogen and oxygen atoms in total. The van der Waals surface area contributed by atoms with E-state index in [4.69, 9.17) is 15.6 Å². The molecular weight excluding hydrogens is 334 g/mol. The molecule has 0 unspecified atom stereocenters. The van der Waals surface area contributed by atoms with Gasteiger partial charge >= 0.3 is 5.97 Å². The van der Waals surface area contributed by atoms with Gasteiger partial charge in [0.05, 0.1) is 36.6 Å². The van der Waals surface area contributed by atoms with E-state index in [-0.39, 0.29) is 47.3 Å². The number of hydrogen-bond donors (Lipinski definition) is 2. The molecule has 2 amide bonds. The second kappa shape index (κ2) is 6.38. The van der Waals surface area contributed by atoms with E-state index in [1.807, 2.05) is 0 Å². The summed E-state index contributed by atoms with van der Waals surface area (Å²) in [6.45, 7) is 0.0921. The molecule has 0 saturated carbocycles. The monoisotopic (exact) mass is 347 g/mol. The minimum absolute atomic E-state index is 0.0215. The molecule has 0 atom stereocenters. The first kappa shape index (κ1) is 16.1. The topological polar surface area (TPSA) is 123 Å². The molecular formula is C15H13N3O5S. The zero-order chi connectivity index (χ0) is 17.3. The third kappa shape index (κ3) is 2.86.